The molecule has 0 radical (unpaired) electrons. The molecule has 1 fully saturated rings. The number of amides is 1. The van der Waals surface area contributed by atoms with Crippen molar-refractivity contribution in [3.8, 4) is 0 Å². The standard InChI is InChI=1S/C11H16N2O5S/c1-7-9(19(12,15)16)5-8(18-7)10(14)13-11(2)3-4-17-6-11/h5H,3-4,6H2,1-2H3,(H,13,14)(H2,12,15,16). The van der Waals surface area contributed by atoms with Gasteiger partial charge < -0.3 is 14.5 Å². The number of ether oxygens (including phenoxy) is 1. The number of hydrogen-bond donors (Lipinski definition) is 2. The van der Waals surface area contributed by atoms with E-state index in [0.717, 1.165) is 6.07 Å². The highest BCUT2D eigenvalue weighted by Crippen LogP contribution is 2.21. The average molecular weight is 288 g/mol. The second-order valence-corrected chi connectivity index (χ2v) is 6.42. The van der Waals surface area contributed by atoms with Crippen LogP contribution in [-0.2, 0) is 14.8 Å². The SMILES string of the molecule is Cc1oc(C(=O)NC2(C)CCOC2)cc1S(N)(=O)=O. The average Bonchev–Trinajstić information content (AvgIpc) is 2.84. The third-order valence-electron chi connectivity index (χ3n) is 3.04. The maximum atomic E-state index is 12.0. The Morgan fingerprint density at radius 1 is 1.53 bits per heavy atom. The number of aryl methyl sites for hydroxylation is 1. The van der Waals surface area contributed by atoms with Crippen molar-refractivity contribution < 1.29 is 22.4 Å². The molecule has 1 atom stereocenters. The molecule has 0 aliphatic carbocycles. The fourth-order valence-electron chi connectivity index (χ4n) is 1.96. The fraction of sp³-hybridized carbons (Fsp3) is 0.545. The lowest BCUT2D eigenvalue weighted by Crippen LogP contribution is -2.46. The van der Waals surface area contributed by atoms with E-state index in [9.17, 15) is 13.2 Å². The van der Waals surface area contributed by atoms with Crippen LogP contribution < -0.4 is 10.5 Å². The van der Waals surface area contributed by atoms with Gasteiger partial charge in [0.15, 0.2) is 5.76 Å². The summed E-state index contributed by atoms with van der Waals surface area (Å²) in [5, 5.41) is 7.79. The van der Waals surface area contributed by atoms with Crippen LogP contribution in [0.3, 0.4) is 0 Å². The van der Waals surface area contributed by atoms with Crippen LogP contribution in [0.15, 0.2) is 15.4 Å². The molecule has 2 rings (SSSR count). The number of nitrogens with one attached hydrogen (secondary N) is 1. The minimum Gasteiger partial charge on any atom is -0.455 e. The number of rotatable bonds is 3. The van der Waals surface area contributed by atoms with Crippen molar-refractivity contribution in [2.45, 2.75) is 30.7 Å². The monoisotopic (exact) mass is 288 g/mol. The highest BCUT2D eigenvalue weighted by molar-refractivity contribution is 7.89. The van der Waals surface area contributed by atoms with Crippen molar-refractivity contribution in [3.05, 3.63) is 17.6 Å². The number of primary sulfonamides is 1. The van der Waals surface area contributed by atoms with E-state index >= 15 is 0 Å². The van der Waals surface area contributed by atoms with Gasteiger partial charge in [0.25, 0.3) is 5.91 Å². The van der Waals surface area contributed by atoms with Crippen LogP contribution in [0.4, 0.5) is 0 Å². The van der Waals surface area contributed by atoms with Crippen LogP contribution in [0, 0.1) is 6.92 Å². The van der Waals surface area contributed by atoms with Gasteiger partial charge >= 0.3 is 0 Å². The first-order valence-corrected chi connectivity index (χ1v) is 7.29. The quantitative estimate of drug-likeness (QED) is 0.822. The number of hydrogen-bond acceptors (Lipinski definition) is 5. The van der Waals surface area contributed by atoms with Crippen LogP contribution in [0.25, 0.3) is 0 Å². The van der Waals surface area contributed by atoms with E-state index in [4.69, 9.17) is 14.3 Å². The summed E-state index contributed by atoms with van der Waals surface area (Å²) in [5.41, 5.74) is -0.459. The second kappa shape index (κ2) is 4.62. The number of carbonyl (C=O) groups is 1. The molecule has 2 heterocycles. The Balaban J connectivity index is 2.21. The lowest BCUT2D eigenvalue weighted by molar-refractivity contribution is 0.0860. The summed E-state index contributed by atoms with van der Waals surface area (Å²) in [7, 11) is -3.89. The summed E-state index contributed by atoms with van der Waals surface area (Å²) in [4.78, 5) is 11.8. The molecule has 8 heteroatoms. The Labute approximate surface area is 111 Å². The van der Waals surface area contributed by atoms with Gasteiger partial charge in [0.05, 0.1) is 12.1 Å². The first-order valence-electron chi connectivity index (χ1n) is 5.75. The summed E-state index contributed by atoms with van der Waals surface area (Å²) in [6.07, 6.45) is 0.695. The Bertz CT molecular complexity index is 599. The van der Waals surface area contributed by atoms with Crippen molar-refractivity contribution in [1.29, 1.82) is 0 Å². The van der Waals surface area contributed by atoms with E-state index in [-0.39, 0.29) is 16.4 Å². The predicted octanol–water partition coefficient (Wildman–Crippen LogP) is 0.144. The van der Waals surface area contributed by atoms with Crippen molar-refractivity contribution in [2.24, 2.45) is 5.14 Å². The molecule has 0 bridgehead atoms. The molecule has 106 valence electrons. The van der Waals surface area contributed by atoms with Crippen LogP contribution in [0.2, 0.25) is 0 Å². The number of furan rings is 1. The molecule has 0 spiro atoms. The largest absolute Gasteiger partial charge is 0.455 e. The smallest absolute Gasteiger partial charge is 0.287 e. The Hall–Kier alpha value is -1.38. The first kappa shape index (κ1) is 14.0. The highest BCUT2D eigenvalue weighted by Gasteiger charge is 2.33. The maximum absolute atomic E-state index is 12.0. The minimum atomic E-state index is -3.89. The van der Waals surface area contributed by atoms with Gasteiger partial charge in [-0.3, -0.25) is 4.79 Å². The van der Waals surface area contributed by atoms with Gasteiger partial charge in [-0.1, -0.05) is 0 Å². The summed E-state index contributed by atoms with van der Waals surface area (Å²) >= 11 is 0. The summed E-state index contributed by atoms with van der Waals surface area (Å²) < 4.78 is 32.9. The maximum Gasteiger partial charge on any atom is 0.287 e. The Morgan fingerprint density at radius 2 is 2.21 bits per heavy atom. The van der Waals surface area contributed by atoms with Crippen LogP contribution in [-0.4, -0.2) is 33.1 Å². The highest BCUT2D eigenvalue weighted by atomic mass is 32.2. The molecule has 1 aliphatic heterocycles. The van der Waals surface area contributed by atoms with E-state index in [0.29, 0.717) is 19.6 Å². The minimum absolute atomic E-state index is 0.0744. The molecule has 1 aliphatic rings. The molecule has 1 unspecified atom stereocenters. The fourth-order valence-corrected chi connectivity index (χ4v) is 2.67. The first-order chi connectivity index (χ1) is 8.71. The van der Waals surface area contributed by atoms with Gasteiger partial charge in [0, 0.05) is 12.7 Å². The van der Waals surface area contributed by atoms with E-state index < -0.39 is 21.5 Å². The van der Waals surface area contributed by atoms with Crippen molar-refractivity contribution in [2.75, 3.05) is 13.2 Å². The zero-order valence-corrected chi connectivity index (χ0v) is 11.5. The summed E-state index contributed by atoms with van der Waals surface area (Å²) in [5.74, 6) is -0.457. The normalized spacial score (nSPS) is 23.5. The Morgan fingerprint density at radius 3 is 2.68 bits per heavy atom. The van der Waals surface area contributed by atoms with Crippen LogP contribution in [0.5, 0.6) is 0 Å². The number of sulfonamides is 1. The summed E-state index contributed by atoms with van der Waals surface area (Å²) in [6.45, 7) is 4.29. The molecule has 1 amide bonds. The molecule has 19 heavy (non-hydrogen) atoms. The summed E-state index contributed by atoms with van der Waals surface area (Å²) in [6, 6.07) is 1.14. The second-order valence-electron chi connectivity index (χ2n) is 4.89. The van der Waals surface area contributed by atoms with Crippen molar-refractivity contribution >= 4 is 15.9 Å². The third kappa shape index (κ3) is 2.96. The number of nitrogens with two attached hydrogens (primary N) is 1. The van der Waals surface area contributed by atoms with Crippen LogP contribution >= 0.6 is 0 Å². The van der Waals surface area contributed by atoms with E-state index in [1.54, 1.807) is 0 Å². The van der Waals surface area contributed by atoms with Crippen molar-refractivity contribution in [1.82, 2.24) is 5.32 Å². The molecule has 3 N–H and O–H groups in total. The topological polar surface area (TPSA) is 112 Å². The molecular formula is C11H16N2O5S. The molecule has 1 aromatic heterocycles. The molecule has 1 saturated heterocycles. The van der Waals surface area contributed by atoms with Gasteiger partial charge in [-0.25, -0.2) is 13.6 Å². The molecular weight excluding hydrogens is 272 g/mol. The van der Waals surface area contributed by atoms with E-state index in [1.807, 2.05) is 6.92 Å². The van der Waals surface area contributed by atoms with Crippen molar-refractivity contribution in [3.63, 3.8) is 0 Å². The van der Waals surface area contributed by atoms with Gasteiger partial charge in [0.2, 0.25) is 10.0 Å². The van der Waals surface area contributed by atoms with E-state index in [2.05, 4.69) is 5.32 Å². The van der Waals surface area contributed by atoms with Gasteiger partial charge in [0.1, 0.15) is 10.7 Å². The molecule has 7 nitrogen and oxygen atoms in total. The third-order valence-corrected chi connectivity index (χ3v) is 4.06. The zero-order valence-electron chi connectivity index (χ0n) is 10.7. The van der Waals surface area contributed by atoms with E-state index in [1.165, 1.54) is 6.92 Å². The Kier molecular flexibility index (Phi) is 3.41. The lowest BCUT2D eigenvalue weighted by atomic mass is 10.0. The zero-order chi connectivity index (χ0) is 14.3. The molecule has 0 aromatic carbocycles. The molecule has 1 aromatic rings. The lowest BCUT2D eigenvalue weighted by Gasteiger charge is -2.22. The van der Waals surface area contributed by atoms with Gasteiger partial charge in [-0.2, -0.15) is 0 Å². The van der Waals surface area contributed by atoms with Gasteiger partial charge in [-0.05, 0) is 20.3 Å². The van der Waals surface area contributed by atoms with Crippen LogP contribution in [0.1, 0.15) is 29.7 Å². The van der Waals surface area contributed by atoms with Gasteiger partial charge in [-0.15, -0.1) is 0 Å². The predicted molar refractivity (Wildman–Crippen MR) is 66.1 cm³/mol. The number of carbonyl (C=O) groups excluding carboxylic acids is 1. The molecule has 0 saturated carbocycles.